The summed E-state index contributed by atoms with van der Waals surface area (Å²) in [6, 6.07) is 0. The van der Waals surface area contributed by atoms with E-state index in [0.29, 0.717) is 0 Å². The number of allylic oxidation sites excluding steroid dienone is 3. The standard InChI is InChI=1S/C11H19N/c1-3-4-5-6-7-10(2)11(12)8-9-11/h5-7H,3-4,8-9,12H2,1-2H3/b6-5-,10-7+. The molecule has 0 amide bonds. The smallest absolute Gasteiger partial charge is 0.0370 e. The van der Waals surface area contributed by atoms with E-state index in [9.17, 15) is 0 Å². The molecule has 0 aromatic rings. The van der Waals surface area contributed by atoms with Gasteiger partial charge in [-0.2, -0.15) is 0 Å². The van der Waals surface area contributed by atoms with Crippen molar-refractivity contribution in [3.8, 4) is 0 Å². The van der Waals surface area contributed by atoms with Gasteiger partial charge in [0, 0.05) is 5.54 Å². The summed E-state index contributed by atoms with van der Waals surface area (Å²) in [6.45, 7) is 4.31. The van der Waals surface area contributed by atoms with Crippen LogP contribution < -0.4 is 5.73 Å². The Labute approximate surface area is 75.3 Å². The van der Waals surface area contributed by atoms with Gasteiger partial charge in [-0.25, -0.2) is 0 Å². The largest absolute Gasteiger partial charge is 0.322 e. The third-order valence-electron chi connectivity index (χ3n) is 2.51. The second-order valence-corrected chi connectivity index (χ2v) is 3.72. The zero-order chi connectivity index (χ0) is 9.03. The normalized spacial score (nSPS) is 21.8. The van der Waals surface area contributed by atoms with E-state index in [4.69, 9.17) is 5.73 Å². The predicted molar refractivity (Wildman–Crippen MR) is 54.0 cm³/mol. The quantitative estimate of drug-likeness (QED) is 0.637. The number of rotatable bonds is 4. The molecule has 0 heterocycles. The van der Waals surface area contributed by atoms with E-state index in [2.05, 4.69) is 32.1 Å². The zero-order valence-electron chi connectivity index (χ0n) is 8.14. The van der Waals surface area contributed by atoms with Crippen molar-refractivity contribution in [3.63, 3.8) is 0 Å². The molecule has 1 heteroatoms. The molecule has 0 unspecified atom stereocenters. The summed E-state index contributed by atoms with van der Waals surface area (Å²) in [6.07, 6.45) is 11.2. The molecule has 1 fully saturated rings. The second-order valence-electron chi connectivity index (χ2n) is 3.72. The first kappa shape index (κ1) is 9.53. The minimum Gasteiger partial charge on any atom is -0.322 e. The first-order chi connectivity index (χ1) is 5.69. The lowest BCUT2D eigenvalue weighted by Gasteiger charge is -2.06. The van der Waals surface area contributed by atoms with Crippen molar-refractivity contribution >= 4 is 0 Å². The third kappa shape index (κ3) is 2.49. The van der Waals surface area contributed by atoms with E-state index >= 15 is 0 Å². The Morgan fingerprint density at radius 2 is 2.17 bits per heavy atom. The Morgan fingerprint density at radius 3 is 2.67 bits per heavy atom. The van der Waals surface area contributed by atoms with Crippen LogP contribution in [0.25, 0.3) is 0 Å². The third-order valence-corrected chi connectivity index (χ3v) is 2.51. The molecule has 0 aromatic carbocycles. The summed E-state index contributed by atoms with van der Waals surface area (Å²) >= 11 is 0. The van der Waals surface area contributed by atoms with Gasteiger partial charge in [0.05, 0.1) is 0 Å². The highest BCUT2D eigenvalue weighted by atomic mass is 14.8. The maximum atomic E-state index is 6.00. The molecule has 1 saturated carbocycles. The van der Waals surface area contributed by atoms with E-state index in [-0.39, 0.29) is 5.54 Å². The summed E-state index contributed by atoms with van der Waals surface area (Å²) < 4.78 is 0. The molecule has 1 aliphatic carbocycles. The lowest BCUT2D eigenvalue weighted by molar-refractivity contribution is 0.793. The molecule has 2 N–H and O–H groups in total. The lowest BCUT2D eigenvalue weighted by Crippen LogP contribution is -2.22. The molecule has 0 atom stereocenters. The molecule has 0 saturated heterocycles. The van der Waals surface area contributed by atoms with Crippen LogP contribution in [-0.2, 0) is 0 Å². The van der Waals surface area contributed by atoms with Gasteiger partial charge >= 0.3 is 0 Å². The van der Waals surface area contributed by atoms with Gasteiger partial charge in [0.1, 0.15) is 0 Å². The van der Waals surface area contributed by atoms with Crippen molar-refractivity contribution in [2.75, 3.05) is 0 Å². The summed E-state index contributed by atoms with van der Waals surface area (Å²) in [5.74, 6) is 0. The van der Waals surface area contributed by atoms with Gasteiger partial charge in [-0.1, -0.05) is 37.1 Å². The number of unbranched alkanes of at least 4 members (excludes halogenated alkanes) is 1. The van der Waals surface area contributed by atoms with E-state index in [1.807, 2.05) is 0 Å². The predicted octanol–water partition coefficient (Wildman–Crippen LogP) is 2.78. The molecule has 1 nitrogen and oxygen atoms in total. The molecule has 68 valence electrons. The average molecular weight is 165 g/mol. The summed E-state index contributed by atoms with van der Waals surface area (Å²) in [5, 5.41) is 0. The molecule has 0 aliphatic heterocycles. The summed E-state index contributed by atoms with van der Waals surface area (Å²) in [5.41, 5.74) is 7.40. The lowest BCUT2D eigenvalue weighted by atomic mass is 10.1. The van der Waals surface area contributed by atoms with Gasteiger partial charge in [0.25, 0.3) is 0 Å². The first-order valence-corrected chi connectivity index (χ1v) is 4.82. The van der Waals surface area contributed by atoms with E-state index in [0.717, 1.165) is 12.8 Å². The number of hydrogen-bond acceptors (Lipinski definition) is 1. The fraction of sp³-hybridized carbons (Fsp3) is 0.636. The number of nitrogens with two attached hydrogens (primary N) is 1. The van der Waals surface area contributed by atoms with Crippen LogP contribution in [0.3, 0.4) is 0 Å². The van der Waals surface area contributed by atoms with Crippen LogP contribution in [0.1, 0.15) is 39.5 Å². The highest BCUT2D eigenvalue weighted by Crippen LogP contribution is 2.38. The van der Waals surface area contributed by atoms with Gasteiger partial charge in [-0.3, -0.25) is 0 Å². The maximum Gasteiger partial charge on any atom is 0.0370 e. The Morgan fingerprint density at radius 1 is 1.50 bits per heavy atom. The first-order valence-electron chi connectivity index (χ1n) is 4.82. The molecule has 0 bridgehead atoms. The van der Waals surface area contributed by atoms with E-state index < -0.39 is 0 Å². The molecule has 0 radical (unpaired) electrons. The number of hydrogen-bond donors (Lipinski definition) is 1. The van der Waals surface area contributed by atoms with Crippen molar-refractivity contribution < 1.29 is 0 Å². The minimum absolute atomic E-state index is 0.0660. The molecule has 12 heavy (non-hydrogen) atoms. The molecule has 0 spiro atoms. The van der Waals surface area contributed by atoms with Gasteiger partial charge in [-0.05, 0) is 26.2 Å². The van der Waals surface area contributed by atoms with Crippen LogP contribution in [0.2, 0.25) is 0 Å². The highest BCUT2D eigenvalue weighted by Gasteiger charge is 2.39. The fourth-order valence-electron chi connectivity index (χ4n) is 1.17. The monoisotopic (exact) mass is 165 g/mol. The topological polar surface area (TPSA) is 26.0 Å². The van der Waals surface area contributed by atoms with Crippen LogP contribution in [0.5, 0.6) is 0 Å². The molecule has 1 rings (SSSR count). The molecular weight excluding hydrogens is 146 g/mol. The Hall–Kier alpha value is -0.560. The van der Waals surface area contributed by atoms with Gasteiger partial charge in [-0.15, -0.1) is 0 Å². The van der Waals surface area contributed by atoms with Crippen LogP contribution in [0, 0.1) is 0 Å². The van der Waals surface area contributed by atoms with E-state index in [1.165, 1.54) is 18.4 Å². The van der Waals surface area contributed by atoms with Crippen molar-refractivity contribution in [2.45, 2.75) is 45.1 Å². The minimum atomic E-state index is 0.0660. The summed E-state index contributed by atoms with van der Waals surface area (Å²) in [7, 11) is 0. The molecule has 1 aliphatic rings. The van der Waals surface area contributed by atoms with Gasteiger partial charge in [0.2, 0.25) is 0 Å². The second kappa shape index (κ2) is 3.90. The Kier molecular flexibility index (Phi) is 3.10. The van der Waals surface area contributed by atoms with Crippen LogP contribution in [-0.4, -0.2) is 5.54 Å². The summed E-state index contributed by atoms with van der Waals surface area (Å²) in [4.78, 5) is 0. The van der Waals surface area contributed by atoms with Crippen molar-refractivity contribution in [1.82, 2.24) is 0 Å². The Balaban J connectivity index is 2.35. The zero-order valence-corrected chi connectivity index (χ0v) is 8.14. The van der Waals surface area contributed by atoms with Crippen LogP contribution in [0.15, 0.2) is 23.8 Å². The SMILES string of the molecule is CCC/C=C\C=C(/C)C1(N)CC1. The average Bonchev–Trinajstić information content (AvgIpc) is 2.78. The van der Waals surface area contributed by atoms with E-state index in [1.54, 1.807) is 0 Å². The Bertz CT molecular complexity index is 197. The van der Waals surface area contributed by atoms with Gasteiger partial charge < -0.3 is 5.73 Å². The van der Waals surface area contributed by atoms with Crippen molar-refractivity contribution in [2.24, 2.45) is 5.73 Å². The highest BCUT2D eigenvalue weighted by molar-refractivity contribution is 5.28. The molecular formula is C11H19N. The fourth-order valence-corrected chi connectivity index (χ4v) is 1.17. The molecule has 0 aromatic heterocycles. The maximum absolute atomic E-state index is 6.00. The van der Waals surface area contributed by atoms with Crippen molar-refractivity contribution in [3.05, 3.63) is 23.8 Å². The van der Waals surface area contributed by atoms with Gasteiger partial charge in [0.15, 0.2) is 0 Å². The van der Waals surface area contributed by atoms with Crippen LogP contribution in [0.4, 0.5) is 0 Å². The van der Waals surface area contributed by atoms with Crippen molar-refractivity contribution in [1.29, 1.82) is 0 Å². The van der Waals surface area contributed by atoms with Crippen LogP contribution >= 0.6 is 0 Å².